The van der Waals surface area contributed by atoms with Crippen LogP contribution in [0.3, 0.4) is 0 Å². The molecule has 0 radical (unpaired) electrons. The molecule has 0 spiro atoms. The Hall–Kier alpha value is -1.88. The Bertz CT molecular complexity index is 633. The molecule has 1 unspecified atom stereocenters. The predicted molar refractivity (Wildman–Crippen MR) is 69.1 cm³/mol. The fraction of sp³-hybridized carbons (Fsp3) is 0.556. The van der Waals surface area contributed by atoms with E-state index in [0.717, 1.165) is 4.57 Å². The minimum Gasteiger partial charge on any atom is -0.393 e. The summed E-state index contributed by atoms with van der Waals surface area (Å²) in [6.07, 6.45) is -3.51. The van der Waals surface area contributed by atoms with Crippen molar-refractivity contribution in [3.05, 3.63) is 33.2 Å². The summed E-state index contributed by atoms with van der Waals surface area (Å²) in [5, 5.41) is 32.3. The molecule has 1 aliphatic heterocycles. The second-order valence-corrected chi connectivity index (χ2v) is 4.42. The lowest BCUT2D eigenvalue weighted by Gasteiger charge is -2.23. The van der Waals surface area contributed by atoms with E-state index in [0.29, 0.717) is 0 Å². The quantitative estimate of drug-likeness (QED) is 0.240. The van der Waals surface area contributed by atoms with E-state index >= 15 is 0 Å². The van der Waals surface area contributed by atoms with Gasteiger partial charge in [-0.25, -0.2) is 4.79 Å². The standard InChI is InChI=1S/C9H11ClN6O5/c10-13-4-1-2-16(8(20)12-4)7-5(18)6(19)9(3-17,21-7)14-15-11/h1-2,5-7,17-19H,3H2,(H,12,13,20)/t5-,6+,7?,9-/m1/s1. The number of azide groups is 1. The van der Waals surface area contributed by atoms with Gasteiger partial charge in [-0.2, -0.15) is 4.98 Å². The van der Waals surface area contributed by atoms with Crippen LogP contribution in [-0.2, 0) is 4.74 Å². The van der Waals surface area contributed by atoms with Gasteiger partial charge >= 0.3 is 5.69 Å². The molecular weight excluding hydrogens is 308 g/mol. The number of hydrogen-bond donors (Lipinski definition) is 4. The maximum absolute atomic E-state index is 11.8. The van der Waals surface area contributed by atoms with Crippen molar-refractivity contribution in [3.63, 3.8) is 0 Å². The summed E-state index contributed by atoms with van der Waals surface area (Å²) >= 11 is 5.30. The lowest BCUT2D eigenvalue weighted by atomic mass is 10.1. The second-order valence-electron chi connectivity index (χ2n) is 4.23. The molecule has 12 heteroatoms. The average Bonchev–Trinajstić information content (AvgIpc) is 2.73. The number of ether oxygens (including phenoxy) is 1. The summed E-state index contributed by atoms with van der Waals surface area (Å²) in [5.41, 5.74) is 5.57. The molecule has 1 aromatic rings. The molecule has 1 aromatic heterocycles. The number of aliphatic hydroxyl groups is 3. The van der Waals surface area contributed by atoms with Crippen LogP contribution in [0.4, 0.5) is 5.82 Å². The first-order valence-electron chi connectivity index (χ1n) is 5.66. The number of halogens is 1. The molecule has 1 fully saturated rings. The lowest BCUT2D eigenvalue weighted by Crippen LogP contribution is -2.44. The van der Waals surface area contributed by atoms with Gasteiger partial charge in [-0.05, 0) is 11.6 Å². The molecule has 21 heavy (non-hydrogen) atoms. The Balaban J connectivity index is 2.42. The van der Waals surface area contributed by atoms with Crippen molar-refractivity contribution in [2.45, 2.75) is 24.2 Å². The van der Waals surface area contributed by atoms with Gasteiger partial charge in [0.1, 0.15) is 18.0 Å². The molecule has 0 aromatic carbocycles. The molecule has 0 saturated carbocycles. The second kappa shape index (κ2) is 5.85. The first-order valence-corrected chi connectivity index (χ1v) is 6.04. The minimum absolute atomic E-state index is 0.0782. The van der Waals surface area contributed by atoms with Crippen LogP contribution in [0.15, 0.2) is 22.2 Å². The zero-order valence-corrected chi connectivity index (χ0v) is 11.1. The molecule has 0 bridgehead atoms. The Morgan fingerprint density at radius 3 is 2.90 bits per heavy atom. The molecule has 2 heterocycles. The number of nitrogens with zero attached hydrogens (tertiary/aromatic N) is 5. The maximum Gasteiger partial charge on any atom is 0.351 e. The van der Waals surface area contributed by atoms with E-state index in [4.69, 9.17) is 22.0 Å². The number of aliphatic hydroxyl groups excluding tert-OH is 3. The van der Waals surface area contributed by atoms with Crippen LogP contribution in [0.2, 0.25) is 0 Å². The largest absolute Gasteiger partial charge is 0.393 e. The SMILES string of the molecule is [N-]=[N+]=N[C@]1(CO)OC(n2ccc(NCl)nc2=O)[C@H](O)[C@@H]1O. The number of hydrogen-bond acceptors (Lipinski definition) is 8. The summed E-state index contributed by atoms with van der Waals surface area (Å²) in [7, 11) is 0. The molecule has 2 rings (SSSR count). The van der Waals surface area contributed by atoms with E-state index in [2.05, 4.69) is 19.8 Å². The van der Waals surface area contributed by atoms with Crippen molar-refractivity contribution in [1.82, 2.24) is 9.55 Å². The van der Waals surface area contributed by atoms with Crippen LogP contribution in [0, 0.1) is 0 Å². The van der Waals surface area contributed by atoms with Gasteiger partial charge < -0.3 is 20.1 Å². The molecule has 1 aliphatic rings. The number of rotatable bonds is 4. The van der Waals surface area contributed by atoms with Crippen molar-refractivity contribution < 1.29 is 20.1 Å². The fourth-order valence-corrected chi connectivity index (χ4v) is 2.08. The fourth-order valence-electron chi connectivity index (χ4n) is 1.97. The van der Waals surface area contributed by atoms with E-state index in [1.165, 1.54) is 12.3 Å². The van der Waals surface area contributed by atoms with Gasteiger partial charge in [-0.15, -0.1) is 0 Å². The van der Waals surface area contributed by atoms with E-state index in [1.54, 1.807) is 0 Å². The van der Waals surface area contributed by atoms with Crippen LogP contribution < -0.4 is 10.5 Å². The van der Waals surface area contributed by atoms with Crippen molar-refractivity contribution in [2.24, 2.45) is 5.11 Å². The van der Waals surface area contributed by atoms with E-state index < -0.39 is 36.5 Å². The van der Waals surface area contributed by atoms with Gasteiger partial charge in [-0.3, -0.25) is 9.40 Å². The van der Waals surface area contributed by atoms with Crippen LogP contribution >= 0.6 is 11.8 Å². The first kappa shape index (κ1) is 15.5. The van der Waals surface area contributed by atoms with Crippen LogP contribution in [-0.4, -0.2) is 49.4 Å². The highest BCUT2D eigenvalue weighted by Gasteiger charge is 2.54. The van der Waals surface area contributed by atoms with Crippen molar-refractivity contribution in [1.29, 1.82) is 0 Å². The molecule has 0 amide bonds. The third kappa shape index (κ3) is 2.53. The zero-order chi connectivity index (χ0) is 15.6. The highest BCUT2D eigenvalue weighted by molar-refractivity contribution is 6.23. The van der Waals surface area contributed by atoms with E-state index in [9.17, 15) is 20.1 Å². The van der Waals surface area contributed by atoms with Crippen LogP contribution in [0.1, 0.15) is 6.23 Å². The third-order valence-corrected chi connectivity index (χ3v) is 3.24. The smallest absolute Gasteiger partial charge is 0.351 e. The number of nitrogens with one attached hydrogen (secondary N) is 1. The summed E-state index contributed by atoms with van der Waals surface area (Å²) in [6, 6.07) is 1.32. The van der Waals surface area contributed by atoms with Gasteiger partial charge in [0.2, 0.25) is 5.72 Å². The summed E-state index contributed by atoms with van der Waals surface area (Å²) in [5.74, 6) is 0.0782. The third-order valence-electron chi connectivity index (χ3n) is 3.04. The summed E-state index contributed by atoms with van der Waals surface area (Å²) < 4.78 is 6.07. The van der Waals surface area contributed by atoms with Crippen LogP contribution in [0.5, 0.6) is 0 Å². The first-order chi connectivity index (χ1) is 9.99. The van der Waals surface area contributed by atoms with Gasteiger partial charge in [-0.1, -0.05) is 5.11 Å². The topological polar surface area (TPSA) is 166 Å². The Morgan fingerprint density at radius 2 is 2.38 bits per heavy atom. The van der Waals surface area contributed by atoms with Gasteiger partial charge in [0.15, 0.2) is 6.23 Å². The average molecular weight is 319 g/mol. The highest BCUT2D eigenvalue weighted by Crippen LogP contribution is 2.37. The summed E-state index contributed by atoms with van der Waals surface area (Å²) in [6.45, 7) is -0.880. The maximum atomic E-state index is 11.8. The van der Waals surface area contributed by atoms with E-state index in [1.807, 2.05) is 0 Å². The summed E-state index contributed by atoms with van der Waals surface area (Å²) in [4.78, 5) is 20.0. The molecule has 4 atom stereocenters. The van der Waals surface area contributed by atoms with Crippen molar-refractivity contribution in [2.75, 3.05) is 11.4 Å². The monoisotopic (exact) mass is 318 g/mol. The van der Waals surface area contributed by atoms with Gasteiger partial charge in [0.25, 0.3) is 0 Å². The minimum atomic E-state index is -2.08. The predicted octanol–water partition coefficient (Wildman–Crippen LogP) is -0.942. The molecule has 0 aliphatic carbocycles. The van der Waals surface area contributed by atoms with Crippen molar-refractivity contribution in [3.8, 4) is 0 Å². The molecule has 4 N–H and O–H groups in total. The zero-order valence-electron chi connectivity index (χ0n) is 10.4. The molecular formula is C9H11ClN6O5. The molecule has 11 nitrogen and oxygen atoms in total. The normalized spacial score (nSPS) is 31.7. The van der Waals surface area contributed by atoms with E-state index in [-0.39, 0.29) is 5.82 Å². The van der Waals surface area contributed by atoms with Crippen molar-refractivity contribution >= 4 is 17.6 Å². The molecule has 1 saturated heterocycles. The van der Waals surface area contributed by atoms with Crippen LogP contribution in [0.25, 0.3) is 10.4 Å². The number of aromatic nitrogens is 2. The highest BCUT2D eigenvalue weighted by atomic mass is 35.5. The van der Waals surface area contributed by atoms with Gasteiger partial charge in [0, 0.05) is 22.9 Å². The Kier molecular flexibility index (Phi) is 4.32. The Labute approximate surface area is 122 Å². The lowest BCUT2D eigenvalue weighted by molar-refractivity contribution is -0.125. The van der Waals surface area contributed by atoms with Gasteiger partial charge in [0.05, 0.1) is 6.61 Å². The molecule has 114 valence electrons. The Morgan fingerprint density at radius 1 is 1.67 bits per heavy atom. The number of anilines is 1.